The molecule has 0 unspecified atom stereocenters. The molecule has 0 atom stereocenters. The van der Waals surface area contributed by atoms with E-state index in [0.717, 1.165) is 5.56 Å². The molecule has 3 aromatic rings. The standard InChI is InChI=1S/C16H15N5O4S/c1-11-5-6-12(21-10-17-19-20-21)9-13(11)18-26(22,23)15-4-2-3-14-16(15)25-8-7-24-14/h2-6,9-10,18H,7-8H2,1H3. The Hall–Kier alpha value is -3.14. The minimum absolute atomic E-state index is 0.0296. The van der Waals surface area contributed by atoms with E-state index >= 15 is 0 Å². The third kappa shape index (κ3) is 2.94. The molecular formula is C16H15N5O4S. The Morgan fingerprint density at radius 3 is 2.81 bits per heavy atom. The van der Waals surface area contributed by atoms with Crippen molar-refractivity contribution >= 4 is 15.7 Å². The van der Waals surface area contributed by atoms with Crippen LogP contribution in [0, 0.1) is 6.92 Å². The SMILES string of the molecule is Cc1ccc(-n2cnnn2)cc1NS(=O)(=O)c1cccc2c1OCCO2. The zero-order chi connectivity index (χ0) is 18.1. The second-order valence-corrected chi connectivity index (χ2v) is 7.29. The van der Waals surface area contributed by atoms with Crippen LogP contribution in [0.25, 0.3) is 5.69 Å². The van der Waals surface area contributed by atoms with E-state index in [2.05, 4.69) is 20.2 Å². The molecule has 1 aliphatic rings. The molecule has 0 amide bonds. The van der Waals surface area contributed by atoms with E-state index in [1.54, 1.807) is 37.3 Å². The van der Waals surface area contributed by atoms with Gasteiger partial charge in [-0.15, -0.1) is 5.10 Å². The number of aromatic nitrogens is 4. The Kier molecular flexibility index (Phi) is 3.96. The third-order valence-corrected chi connectivity index (χ3v) is 5.29. The Bertz CT molecular complexity index is 1050. The first-order valence-corrected chi connectivity index (χ1v) is 9.28. The normalized spacial score (nSPS) is 13.4. The fourth-order valence-electron chi connectivity index (χ4n) is 2.60. The number of nitrogens with one attached hydrogen (secondary N) is 1. The highest BCUT2D eigenvalue weighted by Gasteiger charge is 2.25. The molecule has 0 bridgehead atoms. The molecule has 10 heteroatoms. The molecule has 134 valence electrons. The zero-order valence-electron chi connectivity index (χ0n) is 13.8. The number of rotatable bonds is 4. The third-order valence-electron chi connectivity index (χ3n) is 3.90. The number of anilines is 1. The second-order valence-electron chi connectivity index (χ2n) is 5.64. The van der Waals surface area contributed by atoms with Crippen LogP contribution in [0.2, 0.25) is 0 Å². The van der Waals surface area contributed by atoms with Crippen molar-refractivity contribution in [2.75, 3.05) is 17.9 Å². The number of aryl methyl sites for hydroxylation is 1. The van der Waals surface area contributed by atoms with E-state index in [1.807, 2.05) is 0 Å². The lowest BCUT2D eigenvalue weighted by atomic mass is 10.2. The summed E-state index contributed by atoms with van der Waals surface area (Å²) >= 11 is 0. The fourth-order valence-corrected chi connectivity index (χ4v) is 3.88. The number of para-hydroxylation sites is 1. The van der Waals surface area contributed by atoms with Crippen LogP contribution in [0.15, 0.2) is 47.6 Å². The van der Waals surface area contributed by atoms with Crippen molar-refractivity contribution in [3.05, 3.63) is 48.3 Å². The Balaban J connectivity index is 1.72. The Morgan fingerprint density at radius 1 is 1.15 bits per heavy atom. The van der Waals surface area contributed by atoms with Crippen molar-refractivity contribution in [3.63, 3.8) is 0 Å². The Labute approximate surface area is 149 Å². The molecule has 1 aromatic heterocycles. The van der Waals surface area contributed by atoms with E-state index in [0.29, 0.717) is 30.3 Å². The quantitative estimate of drug-likeness (QED) is 0.739. The van der Waals surface area contributed by atoms with Gasteiger partial charge >= 0.3 is 0 Å². The highest BCUT2D eigenvalue weighted by atomic mass is 32.2. The second kappa shape index (κ2) is 6.30. The van der Waals surface area contributed by atoms with Gasteiger partial charge in [-0.05, 0) is 47.2 Å². The highest BCUT2D eigenvalue weighted by molar-refractivity contribution is 7.92. The lowest BCUT2D eigenvalue weighted by molar-refractivity contribution is 0.167. The Morgan fingerprint density at radius 2 is 2.00 bits per heavy atom. The van der Waals surface area contributed by atoms with Gasteiger partial charge in [-0.1, -0.05) is 12.1 Å². The van der Waals surface area contributed by atoms with Gasteiger partial charge in [0.2, 0.25) is 0 Å². The van der Waals surface area contributed by atoms with Crippen LogP contribution >= 0.6 is 0 Å². The monoisotopic (exact) mass is 373 g/mol. The molecule has 1 N–H and O–H groups in total. The number of hydrogen-bond acceptors (Lipinski definition) is 7. The highest BCUT2D eigenvalue weighted by Crippen LogP contribution is 2.37. The van der Waals surface area contributed by atoms with Crippen LogP contribution in [0.1, 0.15) is 5.56 Å². The summed E-state index contributed by atoms with van der Waals surface area (Å²) in [4.78, 5) is 0.0296. The largest absolute Gasteiger partial charge is 0.486 e. The topological polar surface area (TPSA) is 108 Å². The molecule has 0 fully saturated rings. The minimum atomic E-state index is -3.88. The van der Waals surface area contributed by atoms with Gasteiger partial charge in [0, 0.05) is 0 Å². The molecule has 2 heterocycles. The number of benzene rings is 2. The molecule has 2 aromatic carbocycles. The summed E-state index contributed by atoms with van der Waals surface area (Å²) in [5, 5.41) is 11.0. The van der Waals surface area contributed by atoms with Crippen LogP contribution in [-0.4, -0.2) is 41.8 Å². The molecule has 0 radical (unpaired) electrons. The molecule has 4 rings (SSSR count). The average Bonchev–Trinajstić information content (AvgIpc) is 3.17. The van der Waals surface area contributed by atoms with Crippen molar-refractivity contribution in [1.29, 1.82) is 0 Å². The van der Waals surface area contributed by atoms with Crippen LogP contribution in [0.3, 0.4) is 0 Å². The van der Waals surface area contributed by atoms with Gasteiger partial charge in [0.15, 0.2) is 11.5 Å². The zero-order valence-corrected chi connectivity index (χ0v) is 14.6. The summed E-state index contributed by atoms with van der Waals surface area (Å²) in [5.74, 6) is 0.638. The number of tetrazole rings is 1. The van der Waals surface area contributed by atoms with E-state index < -0.39 is 10.0 Å². The first kappa shape index (κ1) is 16.3. The summed E-state index contributed by atoms with van der Waals surface area (Å²) in [6.45, 7) is 2.49. The van der Waals surface area contributed by atoms with Crippen molar-refractivity contribution < 1.29 is 17.9 Å². The van der Waals surface area contributed by atoms with E-state index in [-0.39, 0.29) is 10.6 Å². The average molecular weight is 373 g/mol. The molecule has 1 aliphatic heterocycles. The number of hydrogen-bond donors (Lipinski definition) is 1. The van der Waals surface area contributed by atoms with Crippen LogP contribution < -0.4 is 14.2 Å². The van der Waals surface area contributed by atoms with Gasteiger partial charge in [-0.25, -0.2) is 13.1 Å². The van der Waals surface area contributed by atoms with Crippen LogP contribution in [-0.2, 0) is 10.0 Å². The van der Waals surface area contributed by atoms with Gasteiger partial charge in [0.25, 0.3) is 10.0 Å². The molecule has 0 saturated heterocycles. The molecule has 0 spiro atoms. The predicted octanol–water partition coefficient (Wildman–Crippen LogP) is 1.54. The van der Waals surface area contributed by atoms with Crippen LogP contribution in [0.5, 0.6) is 11.5 Å². The van der Waals surface area contributed by atoms with Crippen molar-refractivity contribution in [1.82, 2.24) is 20.2 Å². The molecule has 9 nitrogen and oxygen atoms in total. The lowest BCUT2D eigenvalue weighted by Gasteiger charge is -2.21. The van der Waals surface area contributed by atoms with Crippen molar-refractivity contribution in [2.45, 2.75) is 11.8 Å². The first-order chi connectivity index (χ1) is 12.5. The van der Waals surface area contributed by atoms with Gasteiger partial charge < -0.3 is 9.47 Å². The molecular weight excluding hydrogens is 358 g/mol. The summed E-state index contributed by atoms with van der Waals surface area (Å²) in [5.41, 5.74) is 1.81. The maximum absolute atomic E-state index is 12.9. The van der Waals surface area contributed by atoms with E-state index in [1.165, 1.54) is 17.1 Å². The summed E-state index contributed by atoms with van der Waals surface area (Å²) in [6.07, 6.45) is 1.43. The fraction of sp³-hybridized carbons (Fsp3) is 0.188. The van der Waals surface area contributed by atoms with Gasteiger partial charge in [0.05, 0.1) is 11.4 Å². The number of fused-ring (bicyclic) bond motifs is 1. The summed E-state index contributed by atoms with van der Waals surface area (Å²) in [7, 11) is -3.88. The van der Waals surface area contributed by atoms with Gasteiger partial charge in [-0.2, -0.15) is 0 Å². The van der Waals surface area contributed by atoms with Gasteiger partial charge in [0.1, 0.15) is 24.4 Å². The summed E-state index contributed by atoms with van der Waals surface area (Å²) < 4.78 is 40.9. The minimum Gasteiger partial charge on any atom is -0.486 e. The summed E-state index contributed by atoms with van der Waals surface area (Å²) in [6, 6.07) is 10.0. The van der Waals surface area contributed by atoms with Crippen molar-refractivity contribution in [3.8, 4) is 17.2 Å². The maximum Gasteiger partial charge on any atom is 0.265 e. The predicted molar refractivity (Wildman–Crippen MR) is 92.1 cm³/mol. The number of ether oxygens (including phenoxy) is 2. The molecule has 26 heavy (non-hydrogen) atoms. The molecule has 0 aliphatic carbocycles. The molecule has 0 saturated carbocycles. The smallest absolute Gasteiger partial charge is 0.265 e. The van der Waals surface area contributed by atoms with Crippen LogP contribution in [0.4, 0.5) is 5.69 Å². The van der Waals surface area contributed by atoms with Gasteiger partial charge in [-0.3, -0.25) is 4.72 Å². The van der Waals surface area contributed by atoms with Crippen molar-refractivity contribution in [2.24, 2.45) is 0 Å². The number of nitrogens with zero attached hydrogens (tertiary/aromatic N) is 4. The first-order valence-electron chi connectivity index (χ1n) is 7.80. The lowest BCUT2D eigenvalue weighted by Crippen LogP contribution is -2.20. The van der Waals surface area contributed by atoms with E-state index in [4.69, 9.17) is 9.47 Å². The van der Waals surface area contributed by atoms with E-state index in [9.17, 15) is 8.42 Å². The number of sulfonamides is 1. The maximum atomic E-state index is 12.9.